The zero-order valence-electron chi connectivity index (χ0n) is 15.3. The highest BCUT2D eigenvalue weighted by atomic mass is 16.2. The Hall–Kier alpha value is -2.44. The quantitative estimate of drug-likeness (QED) is 0.914. The highest BCUT2D eigenvalue weighted by Crippen LogP contribution is 2.24. The molecule has 0 aromatic carbocycles. The summed E-state index contributed by atoms with van der Waals surface area (Å²) in [4.78, 5) is 32.5. The maximum absolute atomic E-state index is 12.6. The van der Waals surface area contributed by atoms with Crippen molar-refractivity contribution in [2.24, 2.45) is 0 Å². The summed E-state index contributed by atoms with van der Waals surface area (Å²) < 4.78 is 2.04. The predicted octanol–water partition coefficient (Wildman–Crippen LogP) is 1.61. The molecule has 1 aliphatic rings. The molecule has 1 aliphatic heterocycles. The average Bonchev–Trinajstić information content (AvgIpc) is 3.12. The molecule has 0 aliphatic carbocycles. The minimum atomic E-state index is -0.336. The second-order valence-electron chi connectivity index (χ2n) is 6.88. The number of aromatic amines is 1. The minimum absolute atomic E-state index is 0.147. The normalized spacial score (nSPS) is 17.3. The van der Waals surface area contributed by atoms with Crippen LogP contribution >= 0.6 is 0 Å². The zero-order chi connectivity index (χ0) is 18.1. The number of amides is 1. The van der Waals surface area contributed by atoms with E-state index in [9.17, 15) is 9.59 Å². The molecule has 3 rings (SSSR count). The predicted molar refractivity (Wildman–Crippen MR) is 94.6 cm³/mol. The van der Waals surface area contributed by atoms with E-state index >= 15 is 0 Å². The van der Waals surface area contributed by atoms with E-state index in [1.165, 1.54) is 0 Å². The summed E-state index contributed by atoms with van der Waals surface area (Å²) in [6.45, 7) is 9.19. The van der Waals surface area contributed by atoms with Crippen LogP contribution < -0.4 is 5.69 Å². The van der Waals surface area contributed by atoms with Gasteiger partial charge < -0.3 is 9.88 Å². The number of nitrogens with zero attached hydrogens (tertiary/aromatic N) is 4. The van der Waals surface area contributed by atoms with Gasteiger partial charge in [0.2, 0.25) is 5.91 Å². The lowest BCUT2D eigenvalue weighted by Crippen LogP contribution is -2.30. The summed E-state index contributed by atoms with van der Waals surface area (Å²) in [6, 6.07) is 2.33. The lowest BCUT2D eigenvalue weighted by atomic mass is 10.1. The van der Waals surface area contributed by atoms with Crippen LogP contribution in [0.25, 0.3) is 0 Å². The Labute approximate surface area is 147 Å². The fourth-order valence-corrected chi connectivity index (χ4v) is 3.70. The first kappa shape index (κ1) is 17.4. The van der Waals surface area contributed by atoms with Gasteiger partial charge in [-0.2, -0.15) is 10.1 Å². The summed E-state index contributed by atoms with van der Waals surface area (Å²) in [7, 11) is 0. The number of hydrogen-bond donors (Lipinski definition) is 1. The van der Waals surface area contributed by atoms with Gasteiger partial charge >= 0.3 is 5.69 Å². The number of aromatic nitrogens is 4. The van der Waals surface area contributed by atoms with E-state index in [2.05, 4.69) is 28.1 Å². The number of H-pyrrole nitrogens is 1. The van der Waals surface area contributed by atoms with Crippen molar-refractivity contribution in [2.45, 2.75) is 53.0 Å². The number of carbonyl (C=O) groups is 1. The Morgan fingerprint density at radius 3 is 2.72 bits per heavy atom. The maximum Gasteiger partial charge on any atom is 0.345 e. The summed E-state index contributed by atoms with van der Waals surface area (Å²) in [5.41, 5.74) is 4.28. The number of rotatable bonds is 4. The van der Waals surface area contributed by atoms with Crippen LogP contribution in [0.4, 0.5) is 0 Å². The van der Waals surface area contributed by atoms with Crippen LogP contribution in [0.15, 0.2) is 10.9 Å². The summed E-state index contributed by atoms with van der Waals surface area (Å²) in [5.74, 6) is 0.147. The van der Waals surface area contributed by atoms with E-state index in [0.29, 0.717) is 25.1 Å². The Bertz CT molecular complexity index is 825. The van der Waals surface area contributed by atoms with E-state index in [1.54, 1.807) is 0 Å². The number of likely N-dealkylation sites (tertiary alicyclic amines) is 1. The molecule has 25 heavy (non-hydrogen) atoms. The minimum Gasteiger partial charge on any atom is -0.340 e. The first-order chi connectivity index (χ1) is 11.8. The number of hydrogen-bond acceptors (Lipinski definition) is 4. The fourth-order valence-electron chi connectivity index (χ4n) is 3.70. The highest BCUT2D eigenvalue weighted by molar-refractivity contribution is 5.76. The largest absolute Gasteiger partial charge is 0.345 e. The van der Waals surface area contributed by atoms with Gasteiger partial charge in [0.15, 0.2) is 0 Å². The third-order valence-electron chi connectivity index (χ3n) is 4.95. The molecule has 1 unspecified atom stereocenters. The average molecular weight is 343 g/mol. The lowest BCUT2D eigenvalue weighted by Gasteiger charge is -2.18. The second kappa shape index (κ2) is 6.82. The fraction of sp³-hybridized carbons (Fsp3) is 0.556. The molecule has 2 aromatic heterocycles. The van der Waals surface area contributed by atoms with Gasteiger partial charge in [0.1, 0.15) is 0 Å². The van der Waals surface area contributed by atoms with E-state index in [4.69, 9.17) is 0 Å². The van der Waals surface area contributed by atoms with E-state index < -0.39 is 0 Å². The van der Waals surface area contributed by atoms with Crippen molar-refractivity contribution in [2.75, 3.05) is 13.1 Å². The van der Waals surface area contributed by atoms with Crippen molar-refractivity contribution in [1.29, 1.82) is 0 Å². The van der Waals surface area contributed by atoms with Crippen LogP contribution in [-0.2, 0) is 11.2 Å². The number of carbonyl (C=O) groups excluding carboxylic acids is 1. The number of aryl methyl sites for hydroxylation is 4. The van der Waals surface area contributed by atoms with E-state index in [-0.39, 0.29) is 17.6 Å². The third kappa shape index (κ3) is 3.65. The van der Waals surface area contributed by atoms with Crippen molar-refractivity contribution in [3.8, 4) is 0 Å². The molecular formula is C18H25N5O2. The van der Waals surface area contributed by atoms with Crippen LogP contribution in [0.2, 0.25) is 0 Å². The van der Waals surface area contributed by atoms with E-state index in [1.807, 2.05) is 30.4 Å². The van der Waals surface area contributed by atoms with Crippen molar-refractivity contribution in [3.63, 3.8) is 0 Å². The molecule has 0 bridgehead atoms. The summed E-state index contributed by atoms with van der Waals surface area (Å²) in [5, 5.41) is 4.55. The van der Waals surface area contributed by atoms with Gasteiger partial charge in [0.25, 0.3) is 0 Å². The van der Waals surface area contributed by atoms with Gasteiger partial charge in [-0.05, 0) is 52.2 Å². The molecule has 1 atom stereocenters. The van der Waals surface area contributed by atoms with Gasteiger partial charge in [-0.25, -0.2) is 4.79 Å². The Kier molecular flexibility index (Phi) is 4.74. The second-order valence-corrected chi connectivity index (χ2v) is 6.88. The molecule has 7 nitrogen and oxygen atoms in total. The molecule has 0 saturated carbocycles. The summed E-state index contributed by atoms with van der Waals surface area (Å²) >= 11 is 0. The van der Waals surface area contributed by atoms with Gasteiger partial charge in [0.05, 0.1) is 11.7 Å². The first-order valence-electron chi connectivity index (χ1n) is 8.72. The van der Waals surface area contributed by atoms with Crippen LogP contribution in [0.5, 0.6) is 0 Å². The summed E-state index contributed by atoms with van der Waals surface area (Å²) in [6.07, 6.45) is 1.96. The van der Waals surface area contributed by atoms with Gasteiger partial charge in [-0.1, -0.05) is 0 Å². The van der Waals surface area contributed by atoms with Crippen LogP contribution in [0.3, 0.4) is 0 Å². The molecule has 3 heterocycles. The molecule has 2 aromatic rings. The Morgan fingerprint density at radius 2 is 2.08 bits per heavy atom. The Morgan fingerprint density at radius 1 is 1.32 bits per heavy atom. The van der Waals surface area contributed by atoms with Crippen LogP contribution in [0, 0.1) is 27.7 Å². The Balaban J connectivity index is 1.62. The molecule has 134 valence electrons. The zero-order valence-corrected chi connectivity index (χ0v) is 15.3. The molecule has 1 fully saturated rings. The van der Waals surface area contributed by atoms with Crippen molar-refractivity contribution >= 4 is 5.91 Å². The first-order valence-corrected chi connectivity index (χ1v) is 8.72. The van der Waals surface area contributed by atoms with Gasteiger partial charge in [0, 0.05) is 36.6 Å². The lowest BCUT2D eigenvalue weighted by molar-refractivity contribution is -0.130. The smallest absolute Gasteiger partial charge is 0.340 e. The number of nitrogens with one attached hydrogen (secondary N) is 1. The molecule has 1 saturated heterocycles. The monoisotopic (exact) mass is 343 g/mol. The molecule has 1 amide bonds. The van der Waals surface area contributed by atoms with Crippen molar-refractivity contribution in [1.82, 2.24) is 24.6 Å². The molecule has 0 spiro atoms. The topological polar surface area (TPSA) is 83.9 Å². The molecule has 0 radical (unpaired) electrons. The standard InChI is InChI=1S/C18H25N5O2/c1-11-9-12(2)23(21-11)15-7-8-22(10-15)17(24)6-5-16-13(3)19-18(25)20-14(16)4/h9,15H,5-8,10H2,1-4H3,(H,19,20,25). The molecule has 1 N–H and O–H groups in total. The highest BCUT2D eigenvalue weighted by Gasteiger charge is 2.28. The van der Waals surface area contributed by atoms with Crippen molar-refractivity contribution < 1.29 is 4.79 Å². The van der Waals surface area contributed by atoms with Gasteiger partial charge in [-0.15, -0.1) is 0 Å². The van der Waals surface area contributed by atoms with Gasteiger partial charge in [-0.3, -0.25) is 9.48 Å². The van der Waals surface area contributed by atoms with Crippen LogP contribution in [-0.4, -0.2) is 43.6 Å². The molecular weight excluding hydrogens is 318 g/mol. The third-order valence-corrected chi connectivity index (χ3v) is 4.95. The van der Waals surface area contributed by atoms with E-state index in [0.717, 1.165) is 35.6 Å². The van der Waals surface area contributed by atoms with Crippen molar-refractivity contribution in [3.05, 3.63) is 44.9 Å². The maximum atomic E-state index is 12.6. The van der Waals surface area contributed by atoms with Crippen LogP contribution in [0.1, 0.15) is 47.2 Å². The molecule has 7 heteroatoms. The SMILES string of the molecule is Cc1cc(C)n(C2CCN(C(=O)CCc3c(C)nc(=O)[nH]c3C)C2)n1.